The molecule has 5 heteroatoms. The first-order chi connectivity index (χ1) is 8.27. The smallest absolute Gasteiger partial charge is 0.231 e. The Morgan fingerprint density at radius 1 is 1.29 bits per heavy atom. The van der Waals surface area contributed by atoms with Crippen LogP contribution in [0.2, 0.25) is 0 Å². The van der Waals surface area contributed by atoms with Crippen molar-refractivity contribution < 1.29 is 13.9 Å². The standard InChI is InChI=1S/C12H13BrFNO2/c13-11-10(7-1-3-15-4-2-7)8(14)5-9-12(11)17-6-16-9/h5,7,15H,1-4,6H2. The summed E-state index contributed by atoms with van der Waals surface area (Å²) in [4.78, 5) is 0. The number of piperidine rings is 1. The zero-order valence-corrected chi connectivity index (χ0v) is 10.8. The van der Waals surface area contributed by atoms with Crippen LogP contribution in [0.5, 0.6) is 11.5 Å². The minimum atomic E-state index is -0.201. The van der Waals surface area contributed by atoms with Crippen LogP contribution in [-0.2, 0) is 0 Å². The minimum Gasteiger partial charge on any atom is -0.453 e. The predicted molar refractivity (Wildman–Crippen MR) is 65.1 cm³/mol. The average Bonchev–Trinajstić information content (AvgIpc) is 2.78. The van der Waals surface area contributed by atoms with Crippen molar-refractivity contribution in [1.82, 2.24) is 5.32 Å². The van der Waals surface area contributed by atoms with E-state index in [0.717, 1.165) is 36.0 Å². The highest BCUT2D eigenvalue weighted by atomic mass is 79.9. The molecule has 0 unspecified atom stereocenters. The lowest BCUT2D eigenvalue weighted by atomic mass is 9.89. The second-order valence-electron chi connectivity index (χ2n) is 4.34. The van der Waals surface area contributed by atoms with Gasteiger partial charge in [0, 0.05) is 11.6 Å². The molecule has 0 aliphatic carbocycles. The molecule has 92 valence electrons. The van der Waals surface area contributed by atoms with Gasteiger partial charge >= 0.3 is 0 Å². The molecule has 3 rings (SSSR count). The predicted octanol–water partition coefficient (Wildman–Crippen LogP) is 2.78. The highest BCUT2D eigenvalue weighted by molar-refractivity contribution is 9.10. The van der Waals surface area contributed by atoms with Crippen molar-refractivity contribution in [1.29, 1.82) is 0 Å². The summed E-state index contributed by atoms with van der Waals surface area (Å²) in [6, 6.07) is 1.43. The molecule has 2 heterocycles. The van der Waals surface area contributed by atoms with Crippen LogP contribution >= 0.6 is 15.9 Å². The van der Waals surface area contributed by atoms with Crippen molar-refractivity contribution in [3.8, 4) is 11.5 Å². The van der Waals surface area contributed by atoms with Crippen LogP contribution < -0.4 is 14.8 Å². The zero-order chi connectivity index (χ0) is 11.8. The number of hydrogen-bond donors (Lipinski definition) is 1. The van der Waals surface area contributed by atoms with Crippen LogP contribution in [0.1, 0.15) is 24.3 Å². The largest absolute Gasteiger partial charge is 0.453 e. The Balaban J connectivity index is 2.03. The van der Waals surface area contributed by atoms with Gasteiger partial charge in [-0.1, -0.05) is 0 Å². The molecule has 1 N–H and O–H groups in total. The van der Waals surface area contributed by atoms with Crippen molar-refractivity contribution in [2.24, 2.45) is 0 Å². The molecule has 0 radical (unpaired) electrons. The first kappa shape index (κ1) is 11.3. The van der Waals surface area contributed by atoms with Crippen molar-refractivity contribution in [3.05, 3.63) is 21.9 Å². The van der Waals surface area contributed by atoms with Gasteiger partial charge in [-0.25, -0.2) is 4.39 Å². The maximum Gasteiger partial charge on any atom is 0.231 e. The summed E-state index contributed by atoms with van der Waals surface area (Å²) in [5, 5.41) is 3.28. The summed E-state index contributed by atoms with van der Waals surface area (Å²) < 4.78 is 25.4. The fourth-order valence-electron chi connectivity index (χ4n) is 2.47. The van der Waals surface area contributed by atoms with Gasteiger partial charge < -0.3 is 14.8 Å². The molecule has 0 spiro atoms. The highest BCUT2D eigenvalue weighted by Crippen LogP contribution is 2.46. The summed E-state index contributed by atoms with van der Waals surface area (Å²) in [6.07, 6.45) is 1.91. The topological polar surface area (TPSA) is 30.5 Å². The Morgan fingerprint density at radius 3 is 2.82 bits per heavy atom. The Bertz CT molecular complexity index is 447. The van der Waals surface area contributed by atoms with E-state index in [2.05, 4.69) is 21.2 Å². The van der Waals surface area contributed by atoms with E-state index < -0.39 is 0 Å². The molecule has 1 saturated heterocycles. The van der Waals surface area contributed by atoms with E-state index in [-0.39, 0.29) is 18.5 Å². The van der Waals surface area contributed by atoms with Gasteiger partial charge in [0.1, 0.15) is 5.82 Å². The molecule has 1 aromatic rings. The number of nitrogens with one attached hydrogen (secondary N) is 1. The fourth-order valence-corrected chi connectivity index (χ4v) is 3.30. The zero-order valence-electron chi connectivity index (χ0n) is 9.26. The maximum atomic E-state index is 14.1. The summed E-state index contributed by atoms with van der Waals surface area (Å²) in [6.45, 7) is 2.04. The third kappa shape index (κ3) is 1.91. The van der Waals surface area contributed by atoms with E-state index in [1.54, 1.807) is 0 Å². The SMILES string of the molecule is Fc1cc2c(c(Br)c1C1CCNCC1)OCO2. The molecular weight excluding hydrogens is 289 g/mol. The average molecular weight is 302 g/mol. The van der Waals surface area contributed by atoms with Gasteiger partial charge in [-0.15, -0.1) is 0 Å². The normalized spacial score (nSPS) is 19.6. The maximum absolute atomic E-state index is 14.1. The lowest BCUT2D eigenvalue weighted by molar-refractivity contribution is 0.173. The second-order valence-corrected chi connectivity index (χ2v) is 5.14. The Hall–Kier alpha value is -0.810. The van der Waals surface area contributed by atoms with Crippen LogP contribution in [0.4, 0.5) is 4.39 Å². The summed E-state index contributed by atoms with van der Waals surface area (Å²) in [5.74, 6) is 1.18. The van der Waals surface area contributed by atoms with E-state index in [0.29, 0.717) is 11.5 Å². The molecule has 0 saturated carbocycles. The van der Waals surface area contributed by atoms with Crippen LogP contribution in [-0.4, -0.2) is 19.9 Å². The number of rotatable bonds is 1. The molecule has 0 amide bonds. The van der Waals surface area contributed by atoms with Crippen molar-refractivity contribution >= 4 is 15.9 Å². The van der Waals surface area contributed by atoms with Gasteiger partial charge in [0.2, 0.25) is 6.79 Å². The van der Waals surface area contributed by atoms with E-state index >= 15 is 0 Å². The van der Waals surface area contributed by atoms with E-state index in [1.165, 1.54) is 6.07 Å². The third-order valence-electron chi connectivity index (χ3n) is 3.34. The number of benzene rings is 1. The molecule has 0 atom stereocenters. The first-order valence-electron chi connectivity index (χ1n) is 5.75. The number of halogens is 2. The van der Waals surface area contributed by atoms with E-state index in [9.17, 15) is 4.39 Å². The first-order valence-corrected chi connectivity index (χ1v) is 6.55. The van der Waals surface area contributed by atoms with Crippen LogP contribution in [0.3, 0.4) is 0 Å². The van der Waals surface area contributed by atoms with Gasteiger partial charge in [-0.3, -0.25) is 0 Å². The quantitative estimate of drug-likeness (QED) is 0.865. The Labute approximate surface area is 107 Å². The van der Waals surface area contributed by atoms with Crippen molar-refractivity contribution in [3.63, 3.8) is 0 Å². The molecule has 3 nitrogen and oxygen atoms in total. The molecule has 2 aliphatic heterocycles. The second kappa shape index (κ2) is 4.46. The minimum absolute atomic E-state index is 0.170. The van der Waals surface area contributed by atoms with Crippen molar-refractivity contribution in [2.45, 2.75) is 18.8 Å². The number of ether oxygens (including phenoxy) is 2. The van der Waals surface area contributed by atoms with E-state index in [1.807, 2.05) is 0 Å². The number of fused-ring (bicyclic) bond motifs is 1. The summed E-state index contributed by atoms with van der Waals surface area (Å²) in [5.41, 5.74) is 0.732. The number of hydrogen-bond acceptors (Lipinski definition) is 3. The fraction of sp³-hybridized carbons (Fsp3) is 0.500. The van der Waals surface area contributed by atoms with Crippen LogP contribution in [0.15, 0.2) is 10.5 Å². The van der Waals surface area contributed by atoms with Gasteiger partial charge in [0.05, 0.1) is 4.47 Å². The summed E-state index contributed by atoms with van der Waals surface area (Å²) >= 11 is 3.45. The van der Waals surface area contributed by atoms with Gasteiger partial charge in [-0.05, 0) is 47.8 Å². The van der Waals surface area contributed by atoms with Gasteiger partial charge in [0.25, 0.3) is 0 Å². The molecule has 1 aromatic carbocycles. The van der Waals surface area contributed by atoms with Crippen LogP contribution in [0.25, 0.3) is 0 Å². The highest BCUT2D eigenvalue weighted by Gasteiger charge is 2.28. The van der Waals surface area contributed by atoms with Crippen LogP contribution in [0, 0.1) is 5.82 Å². The molecule has 2 aliphatic rings. The molecular formula is C12H13BrFNO2. The monoisotopic (exact) mass is 301 g/mol. The molecule has 1 fully saturated rings. The lowest BCUT2D eigenvalue weighted by Gasteiger charge is -2.24. The Morgan fingerprint density at radius 2 is 2.06 bits per heavy atom. The van der Waals surface area contributed by atoms with Gasteiger partial charge in [-0.2, -0.15) is 0 Å². The Kier molecular flexibility index (Phi) is 2.96. The lowest BCUT2D eigenvalue weighted by Crippen LogP contribution is -2.27. The third-order valence-corrected chi connectivity index (χ3v) is 4.13. The van der Waals surface area contributed by atoms with Crippen molar-refractivity contribution in [2.75, 3.05) is 19.9 Å². The van der Waals surface area contributed by atoms with E-state index in [4.69, 9.17) is 9.47 Å². The van der Waals surface area contributed by atoms with Gasteiger partial charge in [0.15, 0.2) is 11.5 Å². The molecule has 0 bridgehead atoms. The molecule has 17 heavy (non-hydrogen) atoms. The molecule has 0 aromatic heterocycles. The summed E-state index contributed by atoms with van der Waals surface area (Å²) in [7, 11) is 0.